The van der Waals surface area contributed by atoms with Crippen LogP contribution in [-0.2, 0) is 8.85 Å². The molecule has 1 aliphatic rings. The second-order valence-electron chi connectivity index (χ2n) is 4.43. The Morgan fingerprint density at radius 3 is 2.43 bits per heavy atom. The van der Waals surface area contributed by atoms with Crippen LogP contribution >= 0.6 is 0 Å². The fraction of sp³-hybridized carbons (Fsp3) is 1.00. The average Bonchev–Trinajstić information content (AvgIpc) is 2.19. The van der Waals surface area contributed by atoms with Crippen LogP contribution in [0, 0.1) is 0 Å². The van der Waals surface area contributed by atoms with Crippen LogP contribution in [0.4, 0.5) is 0 Å². The van der Waals surface area contributed by atoms with Crippen LogP contribution in [0.5, 0.6) is 0 Å². The van der Waals surface area contributed by atoms with Gasteiger partial charge in [-0.25, -0.2) is 0 Å². The molecule has 1 rings (SSSR count). The van der Waals surface area contributed by atoms with Crippen LogP contribution in [0.3, 0.4) is 0 Å². The molecule has 1 saturated carbocycles. The summed E-state index contributed by atoms with van der Waals surface area (Å²) in [6, 6.07) is 0.672. The van der Waals surface area contributed by atoms with Gasteiger partial charge in [0.2, 0.25) is 0 Å². The van der Waals surface area contributed by atoms with Gasteiger partial charge >= 0.3 is 8.56 Å². The molecule has 1 fully saturated rings. The SMILES string of the molecule is CO[Si](C)(C)OCNC1CCCCC1. The van der Waals surface area contributed by atoms with Crippen molar-refractivity contribution < 1.29 is 8.85 Å². The van der Waals surface area contributed by atoms with E-state index in [4.69, 9.17) is 8.85 Å². The lowest BCUT2D eigenvalue weighted by atomic mass is 9.96. The summed E-state index contributed by atoms with van der Waals surface area (Å²) in [5, 5.41) is 3.44. The molecular weight excluding hydrogens is 194 g/mol. The average molecular weight is 217 g/mol. The van der Waals surface area contributed by atoms with E-state index in [1.165, 1.54) is 32.1 Å². The number of hydrogen-bond donors (Lipinski definition) is 1. The minimum absolute atomic E-state index is 0.651. The summed E-state index contributed by atoms with van der Waals surface area (Å²) in [6.45, 7) is 4.78. The first-order chi connectivity index (χ1) is 6.64. The second-order valence-corrected chi connectivity index (χ2v) is 7.93. The van der Waals surface area contributed by atoms with E-state index in [9.17, 15) is 0 Å². The summed E-state index contributed by atoms with van der Waals surface area (Å²) in [4.78, 5) is 0. The zero-order valence-corrected chi connectivity index (χ0v) is 10.6. The largest absolute Gasteiger partial charge is 0.398 e. The van der Waals surface area contributed by atoms with Crippen LogP contribution in [-0.4, -0.2) is 28.4 Å². The van der Waals surface area contributed by atoms with Crippen LogP contribution in [0.15, 0.2) is 0 Å². The smallest absolute Gasteiger partial charge is 0.332 e. The van der Waals surface area contributed by atoms with Gasteiger partial charge in [-0.05, 0) is 25.9 Å². The third-order valence-corrected chi connectivity index (χ3v) is 4.71. The van der Waals surface area contributed by atoms with Gasteiger partial charge in [-0.1, -0.05) is 19.3 Å². The molecular formula is C10H23NO2Si. The summed E-state index contributed by atoms with van der Waals surface area (Å²) in [6.07, 6.45) is 6.74. The molecule has 1 aliphatic carbocycles. The first-order valence-electron chi connectivity index (χ1n) is 5.56. The lowest BCUT2D eigenvalue weighted by Gasteiger charge is -2.26. The minimum atomic E-state index is -1.82. The number of hydrogen-bond acceptors (Lipinski definition) is 3. The van der Waals surface area contributed by atoms with Gasteiger partial charge in [0.05, 0.1) is 6.73 Å². The van der Waals surface area contributed by atoms with Crippen LogP contribution < -0.4 is 5.32 Å². The van der Waals surface area contributed by atoms with Crippen LogP contribution in [0.2, 0.25) is 13.1 Å². The van der Waals surface area contributed by atoms with E-state index >= 15 is 0 Å². The van der Waals surface area contributed by atoms with Crippen molar-refractivity contribution in [3.05, 3.63) is 0 Å². The maximum atomic E-state index is 5.69. The number of nitrogens with one attached hydrogen (secondary N) is 1. The zero-order chi connectivity index (χ0) is 10.4. The first-order valence-corrected chi connectivity index (χ1v) is 8.38. The molecule has 0 aromatic rings. The summed E-state index contributed by atoms with van der Waals surface area (Å²) >= 11 is 0. The van der Waals surface area contributed by atoms with Gasteiger partial charge in [-0.3, -0.25) is 5.32 Å². The Kier molecular flexibility index (Phi) is 5.09. The minimum Gasteiger partial charge on any atom is -0.398 e. The van der Waals surface area contributed by atoms with Gasteiger partial charge < -0.3 is 8.85 Å². The predicted octanol–water partition coefficient (Wildman–Crippen LogP) is 2.23. The monoisotopic (exact) mass is 217 g/mol. The Hall–Kier alpha value is 0.0969. The first kappa shape index (κ1) is 12.2. The predicted molar refractivity (Wildman–Crippen MR) is 60.5 cm³/mol. The summed E-state index contributed by atoms with van der Waals surface area (Å²) in [7, 11) is -0.0953. The molecule has 3 nitrogen and oxygen atoms in total. The van der Waals surface area contributed by atoms with Crippen molar-refractivity contribution in [3.63, 3.8) is 0 Å². The van der Waals surface area contributed by atoms with Gasteiger partial charge in [0.25, 0.3) is 0 Å². The topological polar surface area (TPSA) is 30.5 Å². The molecule has 0 aliphatic heterocycles. The van der Waals surface area contributed by atoms with E-state index in [-0.39, 0.29) is 0 Å². The van der Waals surface area contributed by atoms with Crippen LogP contribution in [0.25, 0.3) is 0 Å². The van der Waals surface area contributed by atoms with Crippen molar-refractivity contribution >= 4 is 8.56 Å². The Morgan fingerprint density at radius 1 is 1.21 bits per heavy atom. The van der Waals surface area contributed by atoms with E-state index in [2.05, 4.69) is 18.4 Å². The third-order valence-electron chi connectivity index (χ3n) is 2.89. The molecule has 0 aromatic carbocycles. The molecule has 0 bridgehead atoms. The highest BCUT2D eigenvalue weighted by Crippen LogP contribution is 2.17. The zero-order valence-electron chi connectivity index (χ0n) is 9.64. The number of rotatable bonds is 5. The lowest BCUT2D eigenvalue weighted by Crippen LogP contribution is -2.40. The molecule has 0 saturated heterocycles. The molecule has 0 aromatic heterocycles. The van der Waals surface area contributed by atoms with E-state index in [1.807, 2.05) is 0 Å². The molecule has 1 N–H and O–H groups in total. The van der Waals surface area contributed by atoms with Crippen molar-refractivity contribution in [2.75, 3.05) is 13.8 Å². The Balaban J connectivity index is 2.08. The van der Waals surface area contributed by atoms with E-state index < -0.39 is 8.56 Å². The summed E-state index contributed by atoms with van der Waals surface area (Å²) in [5.74, 6) is 0. The highest BCUT2D eigenvalue weighted by molar-refractivity contribution is 6.64. The van der Waals surface area contributed by atoms with Crippen molar-refractivity contribution in [3.8, 4) is 0 Å². The van der Waals surface area contributed by atoms with Crippen molar-refractivity contribution in [2.45, 2.75) is 51.2 Å². The van der Waals surface area contributed by atoms with E-state index in [1.54, 1.807) is 7.11 Å². The quantitative estimate of drug-likeness (QED) is 0.566. The molecule has 0 unspecified atom stereocenters. The fourth-order valence-electron chi connectivity index (χ4n) is 1.70. The lowest BCUT2D eigenvalue weighted by molar-refractivity contribution is 0.176. The Bertz CT molecular complexity index is 158. The normalized spacial score (nSPS) is 19.9. The molecule has 0 atom stereocenters. The third kappa shape index (κ3) is 4.55. The summed E-state index contributed by atoms with van der Waals surface area (Å²) in [5.41, 5.74) is 0. The molecule has 4 heteroatoms. The second kappa shape index (κ2) is 5.85. The van der Waals surface area contributed by atoms with Gasteiger partial charge in [0, 0.05) is 13.2 Å². The molecule has 0 radical (unpaired) electrons. The molecule has 0 spiro atoms. The highest BCUT2D eigenvalue weighted by Gasteiger charge is 2.22. The maximum Gasteiger partial charge on any atom is 0.332 e. The molecule has 0 heterocycles. The standard InChI is InChI=1S/C10H23NO2Si/c1-12-14(2,3)13-9-11-10-7-5-4-6-8-10/h10-11H,4-9H2,1-3H3. The van der Waals surface area contributed by atoms with Crippen molar-refractivity contribution in [1.29, 1.82) is 0 Å². The van der Waals surface area contributed by atoms with Gasteiger partial charge in [-0.15, -0.1) is 0 Å². The molecule has 14 heavy (non-hydrogen) atoms. The van der Waals surface area contributed by atoms with Crippen molar-refractivity contribution in [2.24, 2.45) is 0 Å². The Morgan fingerprint density at radius 2 is 1.86 bits per heavy atom. The van der Waals surface area contributed by atoms with Gasteiger partial charge in [0.15, 0.2) is 0 Å². The molecule has 84 valence electrons. The van der Waals surface area contributed by atoms with E-state index in [0.29, 0.717) is 12.8 Å². The van der Waals surface area contributed by atoms with Gasteiger partial charge in [0.1, 0.15) is 0 Å². The Labute approximate surface area is 88.4 Å². The molecule has 0 amide bonds. The maximum absolute atomic E-state index is 5.69. The van der Waals surface area contributed by atoms with Gasteiger partial charge in [-0.2, -0.15) is 0 Å². The van der Waals surface area contributed by atoms with Crippen molar-refractivity contribution in [1.82, 2.24) is 5.32 Å². The van der Waals surface area contributed by atoms with Crippen LogP contribution in [0.1, 0.15) is 32.1 Å². The highest BCUT2D eigenvalue weighted by atomic mass is 28.4. The summed E-state index contributed by atoms with van der Waals surface area (Å²) < 4.78 is 11.0. The van der Waals surface area contributed by atoms with E-state index in [0.717, 1.165) is 0 Å². The fourth-order valence-corrected chi connectivity index (χ4v) is 2.25.